The van der Waals surface area contributed by atoms with Gasteiger partial charge in [0.05, 0.1) is 92.5 Å². The van der Waals surface area contributed by atoms with Gasteiger partial charge in [-0.05, 0) is 12.8 Å². The Kier molecular flexibility index (Phi) is 18.2. The monoisotopic (exact) mass is 426 g/mol. The molecule has 0 spiro atoms. The third-order valence-electron chi connectivity index (χ3n) is 4.89. The normalized spacial score (nSPS) is 12.6. The summed E-state index contributed by atoms with van der Waals surface area (Å²) < 4.78 is 28.3. The molecule has 0 fully saturated rings. The lowest BCUT2D eigenvalue weighted by Crippen LogP contribution is -2.42. The SMILES string of the molecule is CCC(COCCO)(COCCO)COCC(CC)(COCCO)COCCO. The molecule has 0 atom stereocenters. The van der Waals surface area contributed by atoms with Crippen LogP contribution in [0.2, 0.25) is 0 Å². The van der Waals surface area contributed by atoms with Gasteiger partial charge in [0, 0.05) is 10.8 Å². The van der Waals surface area contributed by atoms with Gasteiger partial charge in [0.2, 0.25) is 0 Å². The molecular weight excluding hydrogens is 384 g/mol. The molecule has 0 radical (unpaired) electrons. The number of rotatable bonds is 22. The van der Waals surface area contributed by atoms with Crippen molar-refractivity contribution in [3.8, 4) is 0 Å². The number of aliphatic hydroxyl groups excluding tert-OH is 4. The third-order valence-corrected chi connectivity index (χ3v) is 4.89. The summed E-state index contributed by atoms with van der Waals surface area (Å²) in [4.78, 5) is 0. The molecular formula is C20H42O9. The lowest BCUT2D eigenvalue weighted by molar-refractivity contribution is -0.116. The number of aliphatic hydroxyl groups is 4. The lowest BCUT2D eigenvalue weighted by Gasteiger charge is -2.36. The molecule has 0 unspecified atom stereocenters. The van der Waals surface area contributed by atoms with E-state index in [0.717, 1.165) is 12.8 Å². The molecule has 0 rings (SSSR count). The fourth-order valence-electron chi connectivity index (χ4n) is 2.76. The van der Waals surface area contributed by atoms with E-state index < -0.39 is 10.8 Å². The highest BCUT2D eigenvalue weighted by Crippen LogP contribution is 2.28. The van der Waals surface area contributed by atoms with Crippen LogP contribution in [0.5, 0.6) is 0 Å². The van der Waals surface area contributed by atoms with E-state index in [1.54, 1.807) is 0 Å². The fourth-order valence-corrected chi connectivity index (χ4v) is 2.76. The van der Waals surface area contributed by atoms with Crippen molar-refractivity contribution in [1.29, 1.82) is 0 Å². The molecule has 0 aromatic carbocycles. The van der Waals surface area contributed by atoms with E-state index in [-0.39, 0.29) is 52.9 Å². The van der Waals surface area contributed by atoms with Crippen LogP contribution in [0.1, 0.15) is 26.7 Å². The van der Waals surface area contributed by atoms with Gasteiger partial charge in [-0.3, -0.25) is 0 Å². The number of hydrogen-bond acceptors (Lipinski definition) is 9. The van der Waals surface area contributed by atoms with Crippen molar-refractivity contribution in [3.63, 3.8) is 0 Å². The van der Waals surface area contributed by atoms with Crippen LogP contribution < -0.4 is 0 Å². The van der Waals surface area contributed by atoms with Crippen LogP contribution in [-0.2, 0) is 23.7 Å². The first-order valence-corrected chi connectivity index (χ1v) is 10.4. The molecule has 0 bridgehead atoms. The van der Waals surface area contributed by atoms with Gasteiger partial charge in [-0.25, -0.2) is 0 Å². The Morgan fingerprint density at radius 3 is 0.897 bits per heavy atom. The van der Waals surface area contributed by atoms with Crippen LogP contribution in [0.3, 0.4) is 0 Å². The van der Waals surface area contributed by atoms with E-state index in [0.29, 0.717) is 39.6 Å². The molecule has 0 heterocycles. The second kappa shape index (κ2) is 18.4. The summed E-state index contributed by atoms with van der Waals surface area (Å²) >= 11 is 0. The summed E-state index contributed by atoms with van der Waals surface area (Å²) in [6.07, 6.45) is 1.48. The Balaban J connectivity index is 4.95. The van der Waals surface area contributed by atoms with Gasteiger partial charge >= 0.3 is 0 Å². The topological polar surface area (TPSA) is 127 Å². The van der Waals surface area contributed by atoms with Crippen LogP contribution in [0.15, 0.2) is 0 Å². The Morgan fingerprint density at radius 1 is 0.448 bits per heavy atom. The maximum atomic E-state index is 8.99. The van der Waals surface area contributed by atoms with Gasteiger partial charge < -0.3 is 44.1 Å². The zero-order valence-electron chi connectivity index (χ0n) is 18.1. The Labute approximate surface area is 174 Å². The summed E-state index contributed by atoms with van der Waals surface area (Å²) in [7, 11) is 0. The molecule has 0 aliphatic heterocycles. The third kappa shape index (κ3) is 12.8. The van der Waals surface area contributed by atoms with E-state index in [9.17, 15) is 0 Å². The first-order chi connectivity index (χ1) is 14.1. The smallest absolute Gasteiger partial charge is 0.0698 e. The largest absolute Gasteiger partial charge is 0.394 e. The first-order valence-electron chi connectivity index (χ1n) is 10.4. The average Bonchev–Trinajstić information content (AvgIpc) is 2.73. The molecule has 0 aliphatic carbocycles. The molecule has 9 heteroatoms. The number of ether oxygens (including phenoxy) is 5. The fraction of sp³-hybridized carbons (Fsp3) is 1.00. The molecule has 29 heavy (non-hydrogen) atoms. The van der Waals surface area contributed by atoms with Gasteiger partial charge in [0.25, 0.3) is 0 Å². The molecule has 176 valence electrons. The van der Waals surface area contributed by atoms with E-state index in [4.69, 9.17) is 44.1 Å². The van der Waals surface area contributed by atoms with Gasteiger partial charge in [-0.2, -0.15) is 0 Å². The van der Waals surface area contributed by atoms with Crippen molar-refractivity contribution in [2.75, 3.05) is 92.5 Å². The minimum absolute atomic E-state index is 0.0541. The molecule has 0 aromatic heterocycles. The zero-order valence-corrected chi connectivity index (χ0v) is 18.1. The molecule has 0 amide bonds. The summed E-state index contributed by atoms with van der Waals surface area (Å²) in [5.74, 6) is 0. The molecule has 0 saturated carbocycles. The molecule has 0 aromatic rings. The van der Waals surface area contributed by atoms with Crippen LogP contribution in [0.25, 0.3) is 0 Å². The summed E-state index contributed by atoms with van der Waals surface area (Å²) in [6, 6.07) is 0. The van der Waals surface area contributed by atoms with Crippen LogP contribution in [-0.4, -0.2) is 113 Å². The van der Waals surface area contributed by atoms with Gasteiger partial charge in [0.15, 0.2) is 0 Å². The summed E-state index contributed by atoms with van der Waals surface area (Å²) in [5.41, 5.74) is -0.802. The quantitative estimate of drug-likeness (QED) is 0.175. The maximum absolute atomic E-state index is 8.99. The second-order valence-electron chi connectivity index (χ2n) is 7.30. The van der Waals surface area contributed by atoms with Crippen molar-refractivity contribution in [1.82, 2.24) is 0 Å². The summed E-state index contributed by atoms with van der Waals surface area (Å²) in [5, 5.41) is 35.9. The lowest BCUT2D eigenvalue weighted by atomic mass is 9.86. The Bertz CT molecular complexity index is 303. The van der Waals surface area contributed by atoms with Crippen LogP contribution >= 0.6 is 0 Å². The van der Waals surface area contributed by atoms with Crippen molar-refractivity contribution < 1.29 is 44.1 Å². The highest BCUT2D eigenvalue weighted by molar-refractivity contribution is 4.81. The second-order valence-corrected chi connectivity index (χ2v) is 7.30. The van der Waals surface area contributed by atoms with E-state index in [1.165, 1.54) is 0 Å². The van der Waals surface area contributed by atoms with Crippen LogP contribution in [0.4, 0.5) is 0 Å². The van der Waals surface area contributed by atoms with Crippen molar-refractivity contribution in [2.45, 2.75) is 26.7 Å². The highest BCUT2D eigenvalue weighted by atomic mass is 16.5. The van der Waals surface area contributed by atoms with Crippen molar-refractivity contribution >= 4 is 0 Å². The first kappa shape index (κ1) is 28.6. The molecule has 9 nitrogen and oxygen atoms in total. The van der Waals surface area contributed by atoms with Gasteiger partial charge in [0.1, 0.15) is 0 Å². The molecule has 0 aliphatic rings. The van der Waals surface area contributed by atoms with Crippen molar-refractivity contribution in [2.24, 2.45) is 10.8 Å². The predicted octanol–water partition coefficient (Wildman–Crippen LogP) is -0.169. The Hall–Kier alpha value is -0.360. The maximum Gasteiger partial charge on any atom is 0.0698 e. The molecule has 0 saturated heterocycles. The van der Waals surface area contributed by atoms with Crippen molar-refractivity contribution in [3.05, 3.63) is 0 Å². The predicted molar refractivity (Wildman–Crippen MR) is 108 cm³/mol. The van der Waals surface area contributed by atoms with Gasteiger partial charge in [-0.15, -0.1) is 0 Å². The molecule has 4 N–H and O–H groups in total. The highest BCUT2D eigenvalue weighted by Gasteiger charge is 2.34. The van der Waals surface area contributed by atoms with E-state index >= 15 is 0 Å². The Morgan fingerprint density at radius 2 is 0.690 bits per heavy atom. The minimum Gasteiger partial charge on any atom is -0.394 e. The van der Waals surface area contributed by atoms with Crippen LogP contribution in [0, 0.1) is 10.8 Å². The summed E-state index contributed by atoms with van der Waals surface area (Å²) in [6.45, 7) is 7.03. The zero-order chi connectivity index (χ0) is 21.8. The number of hydrogen-bond donors (Lipinski definition) is 4. The minimum atomic E-state index is -0.401. The van der Waals surface area contributed by atoms with Gasteiger partial charge in [-0.1, -0.05) is 13.8 Å². The standard InChI is InChI=1S/C20H42O9/c1-3-19(13-25-9-5-21,14-26-10-6-22)17-29-18-20(4-2,15-27-11-7-23)16-28-12-8-24/h21-24H,3-18H2,1-2H3. The average molecular weight is 427 g/mol. The van der Waals surface area contributed by atoms with E-state index in [1.807, 2.05) is 13.8 Å². The van der Waals surface area contributed by atoms with E-state index in [2.05, 4.69) is 0 Å².